The van der Waals surface area contributed by atoms with E-state index in [1.807, 2.05) is 18.2 Å². The number of aromatic nitrogens is 2. The third-order valence-electron chi connectivity index (χ3n) is 4.85. The zero-order chi connectivity index (χ0) is 18.6. The normalized spacial score (nSPS) is 15.9. The second-order valence-corrected chi connectivity index (χ2v) is 6.85. The number of rotatable bonds is 6. The van der Waals surface area contributed by atoms with Gasteiger partial charge in [0.15, 0.2) is 5.76 Å². The van der Waals surface area contributed by atoms with Gasteiger partial charge in [-0.2, -0.15) is 0 Å². The average Bonchev–Trinajstić information content (AvgIpc) is 3.35. The Morgan fingerprint density at radius 3 is 2.52 bits per heavy atom. The van der Waals surface area contributed by atoms with Crippen LogP contribution in [0.5, 0.6) is 5.75 Å². The van der Waals surface area contributed by atoms with Crippen LogP contribution in [0.15, 0.2) is 45.4 Å². The smallest absolute Gasteiger partial charge is 0.283 e. The van der Waals surface area contributed by atoms with Crippen LogP contribution in [0.1, 0.15) is 17.0 Å². The van der Waals surface area contributed by atoms with Crippen molar-refractivity contribution in [3.63, 3.8) is 0 Å². The average molecular weight is 368 g/mol. The summed E-state index contributed by atoms with van der Waals surface area (Å²) in [6.07, 6.45) is 1.60. The van der Waals surface area contributed by atoms with E-state index in [4.69, 9.17) is 13.6 Å². The minimum absolute atomic E-state index is 0.431. The largest absolute Gasteiger partial charge is 0.496 e. The van der Waals surface area contributed by atoms with Gasteiger partial charge < -0.3 is 13.6 Å². The number of methoxy groups -OCH3 is 1. The Bertz CT molecular complexity index is 867. The Morgan fingerprint density at radius 1 is 1.04 bits per heavy atom. The molecule has 0 aliphatic carbocycles. The highest BCUT2D eigenvalue weighted by Gasteiger charge is 2.20. The molecule has 7 heteroatoms. The Labute approximate surface area is 158 Å². The van der Waals surface area contributed by atoms with Crippen LogP contribution >= 0.6 is 0 Å². The minimum atomic E-state index is 0.431. The van der Waals surface area contributed by atoms with Gasteiger partial charge in [-0.3, -0.25) is 9.80 Å². The summed E-state index contributed by atoms with van der Waals surface area (Å²) >= 11 is 0. The lowest BCUT2D eigenvalue weighted by molar-refractivity contribution is 0.114. The number of aryl methyl sites for hydroxylation is 1. The second kappa shape index (κ2) is 7.94. The maximum atomic E-state index is 5.71. The first kappa shape index (κ1) is 17.8. The van der Waals surface area contributed by atoms with E-state index >= 15 is 0 Å². The molecule has 0 N–H and O–H groups in total. The van der Waals surface area contributed by atoms with Gasteiger partial charge in [0.25, 0.3) is 5.89 Å². The third-order valence-corrected chi connectivity index (χ3v) is 4.85. The van der Waals surface area contributed by atoms with Crippen molar-refractivity contribution < 1.29 is 13.6 Å². The number of hydrogen-bond donors (Lipinski definition) is 0. The van der Waals surface area contributed by atoms with Crippen LogP contribution in [-0.4, -0.2) is 53.3 Å². The van der Waals surface area contributed by atoms with Gasteiger partial charge in [0.1, 0.15) is 5.75 Å². The zero-order valence-corrected chi connectivity index (χ0v) is 15.7. The second-order valence-electron chi connectivity index (χ2n) is 6.85. The number of hydrogen-bond acceptors (Lipinski definition) is 7. The molecule has 7 nitrogen and oxygen atoms in total. The molecule has 0 atom stereocenters. The SMILES string of the molecule is COc1ccc(C)cc1CN1CCN(Cc2nnc(-c3ccco3)o2)CC1. The highest BCUT2D eigenvalue weighted by molar-refractivity contribution is 5.42. The predicted molar refractivity (Wildman–Crippen MR) is 100 cm³/mol. The first-order valence-electron chi connectivity index (χ1n) is 9.16. The van der Waals surface area contributed by atoms with Gasteiger partial charge in [-0.05, 0) is 25.1 Å². The molecule has 0 saturated carbocycles. The Morgan fingerprint density at radius 2 is 1.81 bits per heavy atom. The summed E-state index contributed by atoms with van der Waals surface area (Å²) in [5, 5.41) is 8.20. The summed E-state index contributed by atoms with van der Waals surface area (Å²) in [5.41, 5.74) is 2.50. The molecule has 1 fully saturated rings. The van der Waals surface area contributed by atoms with Gasteiger partial charge in [0.2, 0.25) is 5.89 Å². The summed E-state index contributed by atoms with van der Waals surface area (Å²) in [6.45, 7) is 7.60. The van der Waals surface area contributed by atoms with E-state index in [2.05, 4.69) is 39.1 Å². The maximum Gasteiger partial charge on any atom is 0.283 e. The van der Waals surface area contributed by atoms with Crippen LogP contribution in [0.25, 0.3) is 11.7 Å². The lowest BCUT2D eigenvalue weighted by Crippen LogP contribution is -2.45. The molecule has 142 valence electrons. The van der Waals surface area contributed by atoms with Crippen molar-refractivity contribution in [2.24, 2.45) is 0 Å². The summed E-state index contributed by atoms with van der Waals surface area (Å²) in [6, 6.07) is 9.96. The summed E-state index contributed by atoms with van der Waals surface area (Å²) in [5.74, 6) is 2.61. The van der Waals surface area contributed by atoms with E-state index in [0.29, 0.717) is 24.1 Å². The van der Waals surface area contributed by atoms with Crippen molar-refractivity contribution >= 4 is 0 Å². The molecule has 3 heterocycles. The molecule has 1 aromatic carbocycles. The highest BCUT2D eigenvalue weighted by Crippen LogP contribution is 2.22. The quantitative estimate of drug-likeness (QED) is 0.662. The van der Waals surface area contributed by atoms with Crippen molar-refractivity contribution in [1.29, 1.82) is 0 Å². The topological polar surface area (TPSA) is 67.8 Å². The zero-order valence-electron chi connectivity index (χ0n) is 15.7. The number of ether oxygens (including phenoxy) is 1. The van der Waals surface area contributed by atoms with Crippen molar-refractivity contribution in [3.05, 3.63) is 53.6 Å². The van der Waals surface area contributed by atoms with Gasteiger partial charge in [-0.15, -0.1) is 10.2 Å². The van der Waals surface area contributed by atoms with E-state index in [-0.39, 0.29) is 0 Å². The van der Waals surface area contributed by atoms with Crippen LogP contribution in [0, 0.1) is 6.92 Å². The Kier molecular flexibility index (Phi) is 5.22. The fourth-order valence-corrected chi connectivity index (χ4v) is 3.39. The number of benzene rings is 1. The van der Waals surface area contributed by atoms with Crippen molar-refractivity contribution in [1.82, 2.24) is 20.0 Å². The van der Waals surface area contributed by atoms with Crippen molar-refractivity contribution in [3.8, 4) is 17.4 Å². The van der Waals surface area contributed by atoms with Gasteiger partial charge in [-0.25, -0.2) is 0 Å². The van der Waals surface area contributed by atoms with E-state index in [1.165, 1.54) is 11.1 Å². The minimum Gasteiger partial charge on any atom is -0.496 e. The molecular formula is C20H24N4O3. The molecule has 0 spiro atoms. The van der Waals surface area contributed by atoms with E-state index in [9.17, 15) is 0 Å². The van der Waals surface area contributed by atoms with Crippen molar-refractivity contribution in [2.45, 2.75) is 20.0 Å². The van der Waals surface area contributed by atoms with Gasteiger partial charge in [-0.1, -0.05) is 17.7 Å². The standard InChI is InChI=1S/C20H24N4O3/c1-15-5-6-17(25-2)16(12-15)13-23-7-9-24(10-8-23)14-19-21-22-20(27-19)18-4-3-11-26-18/h3-6,11-12H,7-10,13-14H2,1-2H3. The van der Waals surface area contributed by atoms with Crippen LogP contribution in [0.4, 0.5) is 0 Å². The molecule has 0 unspecified atom stereocenters. The van der Waals surface area contributed by atoms with Crippen LogP contribution < -0.4 is 4.74 Å². The lowest BCUT2D eigenvalue weighted by Gasteiger charge is -2.34. The Hall–Kier alpha value is -2.64. The fraction of sp³-hybridized carbons (Fsp3) is 0.400. The fourth-order valence-electron chi connectivity index (χ4n) is 3.39. The first-order valence-corrected chi connectivity index (χ1v) is 9.16. The monoisotopic (exact) mass is 368 g/mol. The predicted octanol–water partition coefficient (Wildman–Crippen LogP) is 2.96. The molecule has 1 aliphatic heterocycles. The summed E-state index contributed by atoms with van der Waals surface area (Å²) in [7, 11) is 1.73. The Balaban J connectivity index is 1.31. The highest BCUT2D eigenvalue weighted by atomic mass is 16.5. The molecule has 3 aromatic rings. The van der Waals surface area contributed by atoms with Crippen LogP contribution in [0.3, 0.4) is 0 Å². The molecule has 0 amide bonds. The molecule has 0 bridgehead atoms. The summed E-state index contributed by atoms with van der Waals surface area (Å²) in [4.78, 5) is 4.79. The molecule has 0 radical (unpaired) electrons. The molecule has 1 saturated heterocycles. The molecule has 27 heavy (non-hydrogen) atoms. The third kappa shape index (κ3) is 4.20. The van der Waals surface area contributed by atoms with E-state index in [0.717, 1.165) is 38.5 Å². The lowest BCUT2D eigenvalue weighted by atomic mass is 10.1. The van der Waals surface area contributed by atoms with Gasteiger partial charge in [0, 0.05) is 38.3 Å². The molecule has 2 aromatic heterocycles. The van der Waals surface area contributed by atoms with Gasteiger partial charge >= 0.3 is 0 Å². The van der Waals surface area contributed by atoms with Crippen molar-refractivity contribution in [2.75, 3.05) is 33.3 Å². The van der Waals surface area contributed by atoms with Crippen LogP contribution in [-0.2, 0) is 13.1 Å². The number of piperazine rings is 1. The molecule has 1 aliphatic rings. The molecule has 4 rings (SSSR count). The molecular weight excluding hydrogens is 344 g/mol. The van der Waals surface area contributed by atoms with Gasteiger partial charge in [0.05, 0.1) is 19.9 Å². The van der Waals surface area contributed by atoms with E-state index < -0.39 is 0 Å². The first-order chi connectivity index (χ1) is 13.2. The number of nitrogens with zero attached hydrogens (tertiary/aromatic N) is 4. The van der Waals surface area contributed by atoms with E-state index in [1.54, 1.807) is 13.4 Å². The summed E-state index contributed by atoms with van der Waals surface area (Å²) < 4.78 is 16.5. The number of furan rings is 1. The van der Waals surface area contributed by atoms with Crippen LogP contribution in [0.2, 0.25) is 0 Å². The maximum absolute atomic E-state index is 5.71.